The van der Waals surface area contributed by atoms with Gasteiger partial charge >= 0.3 is 0 Å². The van der Waals surface area contributed by atoms with Crippen LogP contribution in [0.1, 0.15) is 59.3 Å². The van der Waals surface area contributed by atoms with E-state index in [0.29, 0.717) is 0 Å². The minimum atomic E-state index is 0.279. The fourth-order valence-electron chi connectivity index (χ4n) is 2.86. The van der Waals surface area contributed by atoms with E-state index in [2.05, 4.69) is 32.3 Å². The van der Waals surface area contributed by atoms with Crippen LogP contribution in [0, 0.1) is 11.8 Å². The minimum absolute atomic E-state index is 0.279. The fourth-order valence-corrected chi connectivity index (χ4v) is 3.32. The normalized spacial score (nSPS) is 26.1. The number of nitrogens with one attached hydrogen (secondary N) is 1. The van der Waals surface area contributed by atoms with Crippen molar-refractivity contribution in [3.05, 3.63) is 0 Å². The topological polar surface area (TPSA) is 12.0 Å². The first-order valence-corrected chi connectivity index (χ1v) is 8.66. The molecule has 0 radical (unpaired) electrons. The third kappa shape index (κ3) is 6.71. The average molecular weight is 257 g/mol. The number of hydrogen-bond acceptors (Lipinski definition) is 2. The van der Waals surface area contributed by atoms with Gasteiger partial charge < -0.3 is 5.32 Å². The Morgan fingerprint density at radius 1 is 1.12 bits per heavy atom. The number of hydrogen-bond donors (Lipinski definition) is 1. The van der Waals surface area contributed by atoms with E-state index in [1.807, 2.05) is 11.8 Å². The molecule has 1 rings (SSSR count). The molecule has 2 heteroatoms. The van der Waals surface area contributed by atoms with E-state index < -0.39 is 0 Å². The summed E-state index contributed by atoms with van der Waals surface area (Å²) in [5.74, 6) is 3.27. The summed E-state index contributed by atoms with van der Waals surface area (Å²) in [7, 11) is 0. The zero-order valence-corrected chi connectivity index (χ0v) is 13.0. The lowest BCUT2D eigenvalue weighted by molar-refractivity contribution is 0.203. The lowest BCUT2D eigenvalue weighted by atomic mass is 9.76. The summed E-state index contributed by atoms with van der Waals surface area (Å²) in [6.45, 7) is 8.06. The highest BCUT2D eigenvalue weighted by atomic mass is 32.2. The Labute approximate surface area is 113 Å². The molecule has 102 valence electrons. The lowest BCUT2D eigenvalue weighted by Crippen LogP contribution is -2.41. The van der Waals surface area contributed by atoms with Gasteiger partial charge in [-0.05, 0) is 70.4 Å². The molecule has 0 bridgehead atoms. The Kier molecular flexibility index (Phi) is 6.94. The monoisotopic (exact) mass is 257 g/mol. The predicted octanol–water partition coefficient (Wildman–Crippen LogP) is 4.32. The molecule has 0 aromatic rings. The van der Waals surface area contributed by atoms with Crippen LogP contribution in [0.15, 0.2) is 0 Å². The molecule has 1 nitrogen and oxygen atoms in total. The van der Waals surface area contributed by atoms with Gasteiger partial charge in [-0.25, -0.2) is 0 Å². The summed E-state index contributed by atoms with van der Waals surface area (Å²) in [4.78, 5) is 0. The van der Waals surface area contributed by atoms with Crippen molar-refractivity contribution >= 4 is 11.8 Å². The third-order valence-electron chi connectivity index (χ3n) is 3.88. The van der Waals surface area contributed by atoms with Crippen LogP contribution < -0.4 is 5.32 Å². The quantitative estimate of drug-likeness (QED) is 0.711. The maximum Gasteiger partial charge on any atom is 0.00966 e. The number of thioether (sulfide) groups is 1. The van der Waals surface area contributed by atoms with Gasteiger partial charge in [0.1, 0.15) is 0 Å². The first-order valence-electron chi connectivity index (χ1n) is 7.27. The molecule has 2 atom stereocenters. The Balaban J connectivity index is 2.31. The highest BCUT2D eigenvalue weighted by Crippen LogP contribution is 2.33. The predicted molar refractivity (Wildman–Crippen MR) is 80.8 cm³/mol. The van der Waals surface area contributed by atoms with Gasteiger partial charge in [-0.3, -0.25) is 0 Å². The molecule has 2 unspecified atom stereocenters. The zero-order chi connectivity index (χ0) is 12.7. The maximum atomic E-state index is 3.71. The van der Waals surface area contributed by atoms with E-state index in [0.717, 1.165) is 11.8 Å². The van der Waals surface area contributed by atoms with E-state index in [1.54, 1.807) is 0 Å². The van der Waals surface area contributed by atoms with Crippen molar-refractivity contribution in [2.24, 2.45) is 11.8 Å². The highest BCUT2D eigenvalue weighted by molar-refractivity contribution is 7.98. The van der Waals surface area contributed by atoms with Gasteiger partial charge in [-0.1, -0.05) is 19.3 Å². The summed E-state index contributed by atoms with van der Waals surface area (Å²) in [6.07, 6.45) is 10.9. The van der Waals surface area contributed by atoms with Gasteiger partial charge in [0.2, 0.25) is 0 Å². The number of rotatable bonds is 6. The van der Waals surface area contributed by atoms with Crippen LogP contribution in [0.5, 0.6) is 0 Å². The maximum absolute atomic E-state index is 3.71. The fraction of sp³-hybridized carbons (Fsp3) is 1.00. The van der Waals surface area contributed by atoms with Crippen LogP contribution in [0.25, 0.3) is 0 Å². The van der Waals surface area contributed by atoms with Crippen molar-refractivity contribution in [1.29, 1.82) is 0 Å². The molecule has 0 heterocycles. The molecule has 0 saturated heterocycles. The van der Waals surface area contributed by atoms with Gasteiger partial charge in [0.05, 0.1) is 0 Å². The van der Waals surface area contributed by atoms with Crippen molar-refractivity contribution < 1.29 is 0 Å². The standard InChI is InChI=1S/C15H31NS/c1-15(2,3)16-12-14-9-6-5-8-13(14)10-7-11-17-4/h13-14,16H,5-12H2,1-4H3. The summed E-state index contributed by atoms with van der Waals surface area (Å²) in [5, 5.41) is 3.71. The Bertz CT molecular complexity index is 198. The van der Waals surface area contributed by atoms with Crippen LogP contribution in [0.3, 0.4) is 0 Å². The van der Waals surface area contributed by atoms with Crippen LogP contribution in [-0.4, -0.2) is 24.1 Å². The van der Waals surface area contributed by atoms with E-state index in [-0.39, 0.29) is 5.54 Å². The van der Waals surface area contributed by atoms with Gasteiger partial charge in [-0.2, -0.15) is 11.8 Å². The second-order valence-corrected chi connectivity index (χ2v) is 7.56. The molecule has 1 saturated carbocycles. The van der Waals surface area contributed by atoms with Crippen molar-refractivity contribution in [3.8, 4) is 0 Å². The van der Waals surface area contributed by atoms with E-state index >= 15 is 0 Å². The Morgan fingerprint density at radius 3 is 2.35 bits per heavy atom. The summed E-state index contributed by atoms with van der Waals surface area (Å²) in [6, 6.07) is 0. The van der Waals surface area contributed by atoms with E-state index in [4.69, 9.17) is 0 Å². The van der Waals surface area contributed by atoms with Gasteiger partial charge in [-0.15, -0.1) is 0 Å². The molecule has 0 aromatic carbocycles. The summed E-state index contributed by atoms with van der Waals surface area (Å²) < 4.78 is 0. The van der Waals surface area contributed by atoms with E-state index in [1.165, 1.54) is 50.8 Å². The first-order chi connectivity index (χ1) is 8.03. The molecule has 1 aliphatic carbocycles. The SMILES string of the molecule is CSCCCC1CCCCC1CNC(C)(C)C. The van der Waals surface area contributed by atoms with Crippen molar-refractivity contribution in [2.75, 3.05) is 18.6 Å². The molecule has 17 heavy (non-hydrogen) atoms. The summed E-state index contributed by atoms with van der Waals surface area (Å²) in [5.41, 5.74) is 0.279. The largest absolute Gasteiger partial charge is 0.312 e. The van der Waals surface area contributed by atoms with Crippen LogP contribution in [-0.2, 0) is 0 Å². The smallest absolute Gasteiger partial charge is 0.00966 e. The minimum Gasteiger partial charge on any atom is -0.312 e. The Morgan fingerprint density at radius 2 is 1.76 bits per heavy atom. The second kappa shape index (κ2) is 7.68. The first kappa shape index (κ1) is 15.4. The van der Waals surface area contributed by atoms with Gasteiger partial charge in [0, 0.05) is 5.54 Å². The summed E-state index contributed by atoms with van der Waals surface area (Å²) >= 11 is 1.99. The second-order valence-electron chi connectivity index (χ2n) is 6.57. The molecule has 1 fully saturated rings. The molecule has 1 N–H and O–H groups in total. The van der Waals surface area contributed by atoms with Crippen molar-refractivity contribution in [2.45, 2.75) is 64.8 Å². The van der Waals surface area contributed by atoms with Crippen LogP contribution >= 0.6 is 11.8 Å². The molecule has 0 amide bonds. The highest BCUT2D eigenvalue weighted by Gasteiger charge is 2.25. The van der Waals surface area contributed by atoms with Crippen molar-refractivity contribution in [3.63, 3.8) is 0 Å². The van der Waals surface area contributed by atoms with Crippen LogP contribution in [0.2, 0.25) is 0 Å². The molecular weight excluding hydrogens is 226 g/mol. The van der Waals surface area contributed by atoms with Crippen LogP contribution in [0.4, 0.5) is 0 Å². The molecule has 1 aliphatic rings. The molecule has 0 spiro atoms. The zero-order valence-electron chi connectivity index (χ0n) is 12.2. The third-order valence-corrected chi connectivity index (χ3v) is 4.58. The lowest BCUT2D eigenvalue weighted by Gasteiger charge is -2.34. The molecule has 0 aromatic heterocycles. The Hall–Kier alpha value is 0.310. The van der Waals surface area contributed by atoms with Crippen molar-refractivity contribution in [1.82, 2.24) is 5.32 Å². The molecule has 0 aliphatic heterocycles. The average Bonchev–Trinajstić information content (AvgIpc) is 2.27. The molecular formula is C15H31NS. The van der Waals surface area contributed by atoms with Gasteiger partial charge in [0.15, 0.2) is 0 Å². The van der Waals surface area contributed by atoms with E-state index in [9.17, 15) is 0 Å². The van der Waals surface area contributed by atoms with Gasteiger partial charge in [0.25, 0.3) is 0 Å².